The number of aromatic nitrogens is 6. The summed E-state index contributed by atoms with van der Waals surface area (Å²) < 4.78 is 7.67. The van der Waals surface area contributed by atoms with Crippen LogP contribution < -0.4 is 14.5 Å². The minimum absolute atomic E-state index is 0.759. The molecule has 0 unspecified atom stereocenters. The summed E-state index contributed by atoms with van der Waals surface area (Å²) in [5.41, 5.74) is 4.09. The maximum absolute atomic E-state index is 4.43. The van der Waals surface area contributed by atoms with Crippen LogP contribution in [-0.2, 0) is 32.6 Å². The smallest absolute Gasteiger partial charge is 0.385 e. The molecule has 0 saturated carbocycles. The number of aryl methyl sites for hydroxylation is 5. The monoisotopic (exact) mass is 543 g/mol. The van der Waals surface area contributed by atoms with Crippen LogP contribution in [0.15, 0.2) is 81.6 Å². The molecule has 0 bridgehead atoms. The molecule has 40 heavy (non-hydrogen) atoms. The molecule has 2 aromatic heterocycles. The van der Waals surface area contributed by atoms with Crippen molar-refractivity contribution in [1.29, 1.82) is 0 Å². The van der Waals surface area contributed by atoms with Crippen molar-refractivity contribution in [2.24, 2.45) is 20.5 Å². The number of nitrogens with zero attached hydrogens (tertiary/aromatic N) is 10. The number of anilines is 1. The average molecular weight is 544 g/mol. The molecule has 0 aliphatic heterocycles. The number of benzene rings is 2. The molecule has 0 saturated heterocycles. The molecule has 0 aliphatic rings. The zero-order chi connectivity index (χ0) is 28.2. The predicted octanol–water partition coefficient (Wildman–Crippen LogP) is 6.39. The van der Waals surface area contributed by atoms with Gasteiger partial charge in [-0.1, -0.05) is 28.8 Å². The first-order valence-electron chi connectivity index (χ1n) is 14.3. The SMILES string of the molecule is CCn1nc[n+](CC)c1N=Nc1ccc(CCCCCNc2ccc(N=Nc3n(CC)nc[n+]3CC)cc2)cc1. The van der Waals surface area contributed by atoms with Gasteiger partial charge in [0.05, 0.1) is 37.6 Å². The van der Waals surface area contributed by atoms with Gasteiger partial charge >= 0.3 is 11.9 Å². The van der Waals surface area contributed by atoms with E-state index in [2.05, 4.69) is 81.0 Å². The summed E-state index contributed by atoms with van der Waals surface area (Å²) in [6, 6.07) is 16.4. The van der Waals surface area contributed by atoms with Crippen molar-refractivity contribution in [2.45, 2.75) is 79.6 Å². The molecule has 0 aliphatic carbocycles. The number of unbranched alkanes of at least 4 members (excludes halogenated alkanes) is 2. The molecule has 0 spiro atoms. The fraction of sp³-hybridized carbons (Fsp3) is 0.448. The number of hydrogen-bond acceptors (Lipinski definition) is 7. The van der Waals surface area contributed by atoms with E-state index < -0.39 is 0 Å². The zero-order valence-corrected chi connectivity index (χ0v) is 24.1. The van der Waals surface area contributed by atoms with Crippen LogP contribution >= 0.6 is 0 Å². The Bertz CT molecular complexity index is 1230. The summed E-state index contributed by atoms with van der Waals surface area (Å²) in [7, 11) is 0. The Morgan fingerprint density at radius 1 is 0.650 bits per heavy atom. The summed E-state index contributed by atoms with van der Waals surface area (Å²) in [4.78, 5) is 0. The topological polar surface area (TPSA) is 105 Å². The molecule has 0 radical (unpaired) electrons. The van der Waals surface area contributed by atoms with Gasteiger partial charge in [0.2, 0.25) is 12.7 Å². The number of hydrogen-bond donors (Lipinski definition) is 1. The summed E-state index contributed by atoms with van der Waals surface area (Å²) in [6.45, 7) is 12.3. The lowest BCUT2D eigenvalue weighted by Crippen LogP contribution is -2.30. The van der Waals surface area contributed by atoms with Crippen LogP contribution in [0.4, 0.5) is 29.0 Å². The average Bonchev–Trinajstić information content (AvgIpc) is 3.60. The molecule has 0 fully saturated rings. The summed E-state index contributed by atoms with van der Waals surface area (Å²) in [6.07, 6.45) is 8.09. The molecule has 4 aromatic rings. The third-order valence-corrected chi connectivity index (χ3v) is 6.70. The minimum atomic E-state index is 0.759. The van der Waals surface area contributed by atoms with Gasteiger partial charge in [-0.05, 0) is 99.1 Å². The maximum atomic E-state index is 4.43. The molecule has 4 rings (SSSR count). The van der Waals surface area contributed by atoms with E-state index in [0.717, 1.165) is 80.9 Å². The lowest BCUT2D eigenvalue weighted by molar-refractivity contribution is -0.681. The number of rotatable bonds is 15. The summed E-state index contributed by atoms with van der Waals surface area (Å²) in [5, 5.41) is 29.9. The Balaban J connectivity index is 1.16. The first-order valence-corrected chi connectivity index (χ1v) is 14.3. The van der Waals surface area contributed by atoms with Crippen molar-refractivity contribution in [3.05, 3.63) is 66.7 Å². The van der Waals surface area contributed by atoms with Gasteiger partial charge < -0.3 is 5.32 Å². The highest BCUT2D eigenvalue weighted by Crippen LogP contribution is 2.20. The van der Waals surface area contributed by atoms with E-state index >= 15 is 0 Å². The van der Waals surface area contributed by atoms with Crippen LogP contribution in [-0.4, -0.2) is 26.1 Å². The third kappa shape index (κ3) is 7.64. The summed E-state index contributed by atoms with van der Waals surface area (Å²) >= 11 is 0. The van der Waals surface area contributed by atoms with Crippen LogP contribution in [0.2, 0.25) is 0 Å². The van der Waals surface area contributed by atoms with Gasteiger partial charge in [-0.2, -0.15) is 0 Å². The van der Waals surface area contributed by atoms with Crippen molar-refractivity contribution < 1.29 is 9.13 Å². The van der Waals surface area contributed by atoms with E-state index in [1.807, 2.05) is 49.7 Å². The first kappa shape index (κ1) is 28.7. The third-order valence-electron chi connectivity index (χ3n) is 6.70. The second-order valence-corrected chi connectivity index (χ2v) is 9.42. The van der Waals surface area contributed by atoms with Gasteiger partial charge in [-0.15, -0.1) is 9.36 Å². The van der Waals surface area contributed by atoms with Gasteiger partial charge in [-0.25, -0.2) is 9.13 Å². The molecule has 0 atom stereocenters. The molecular weight excluding hydrogens is 502 g/mol. The Morgan fingerprint density at radius 2 is 1.18 bits per heavy atom. The van der Waals surface area contributed by atoms with Crippen LogP contribution in [0.1, 0.15) is 52.5 Å². The van der Waals surface area contributed by atoms with Crippen LogP contribution in [0, 0.1) is 0 Å². The van der Waals surface area contributed by atoms with Gasteiger partial charge in [0.25, 0.3) is 0 Å². The van der Waals surface area contributed by atoms with Crippen molar-refractivity contribution in [3.63, 3.8) is 0 Å². The Morgan fingerprint density at radius 3 is 1.68 bits per heavy atom. The molecule has 11 heteroatoms. The van der Waals surface area contributed by atoms with E-state index in [1.54, 1.807) is 12.7 Å². The van der Waals surface area contributed by atoms with E-state index in [0.29, 0.717) is 0 Å². The second-order valence-electron chi connectivity index (χ2n) is 9.42. The second kappa shape index (κ2) is 14.8. The normalized spacial score (nSPS) is 11.7. The molecule has 11 nitrogen and oxygen atoms in total. The van der Waals surface area contributed by atoms with E-state index in [4.69, 9.17) is 0 Å². The van der Waals surface area contributed by atoms with Crippen molar-refractivity contribution in [2.75, 3.05) is 11.9 Å². The Hall–Kier alpha value is -4.28. The highest BCUT2D eigenvalue weighted by Gasteiger charge is 2.16. The van der Waals surface area contributed by atoms with Gasteiger partial charge in [0.1, 0.15) is 0 Å². The first-order chi connectivity index (χ1) is 19.6. The van der Waals surface area contributed by atoms with Crippen LogP contribution in [0.3, 0.4) is 0 Å². The largest absolute Gasteiger partial charge is 0.403 e. The van der Waals surface area contributed by atoms with Gasteiger partial charge in [-0.3, -0.25) is 0 Å². The van der Waals surface area contributed by atoms with Gasteiger partial charge in [0.15, 0.2) is 0 Å². The quantitative estimate of drug-likeness (QED) is 0.107. The molecule has 210 valence electrons. The van der Waals surface area contributed by atoms with Crippen LogP contribution in [0.25, 0.3) is 0 Å². The molecular formula is C29H41N11+2. The maximum Gasteiger partial charge on any atom is 0.403 e. The van der Waals surface area contributed by atoms with Crippen molar-refractivity contribution >= 4 is 29.0 Å². The van der Waals surface area contributed by atoms with Crippen LogP contribution in [0.5, 0.6) is 0 Å². The number of azo groups is 2. The van der Waals surface area contributed by atoms with Crippen molar-refractivity contribution in [1.82, 2.24) is 19.6 Å². The standard InChI is InChI=1S/C29H40N11/c1-5-37-22-31-39(7-3)28(37)35-33-26-15-13-24(14-16-26)12-10-9-11-21-30-25-17-19-27(20-18-25)34-36-29-38(6-2)23-32-40(29)8-4/h13-20,22-23H,5-12,21H2,1-4H3/q+1/p+1. The van der Waals surface area contributed by atoms with E-state index in [1.165, 1.54) is 12.0 Å². The Labute approximate surface area is 236 Å². The minimum Gasteiger partial charge on any atom is -0.385 e. The lowest BCUT2D eigenvalue weighted by atomic mass is 10.1. The molecule has 2 aromatic carbocycles. The zero-order valence-electron chi connectivity index (χ0n) is 24.1. The fourth-order valence-corrected chi connectivity index (χ4v) is 4.31. The lowest BCUT2D eigenvalue weighted by Gasteiger charge is -2.06. The summed E-state index contributed by atoms with van der Waals surface area (Å²) in [5.74, 6) is 1.53. The van der Waals surface area contributed by atoms with Crippen molar-refractivity contribution in [3.8, 4) is 0 Å². The predicted molar refractivity (Wildman–Crippen MR) is 155 cm³/mol. The van der Waals surface area contributed by atoms with Gasteiger partial charge in [0, 0.05) is 22.5 Å². The highest BCUT2D eigenvalue weighted by atomic mass is 15.4. The highest BCUT2D eigenvalue weighted by molar-refractivity contribution is 5.50. The Kier molecular flexibility index (Phi) is 10.6. The number of nitrogens with one attached hydrogen (secondary N) is 1. The molecule has 2 heterocycles. The van der Waals surface area contributed by atoms with E-state index in [9.17, 15) is 0 Å². The fourth-order valence-electron chi connectivity index (χ4n) is 4.31. The molecule has 0 amide bonds. The molecule has 1 N–H and O–H groups in total. The van der Waals surface area contributed by atoms with E-state index in [-0.39, 0.29) is 0 Å².